The monoisotopic (exact) mass is 368 g/mol. The lowest BCUT2D eigenvalue weighted by molar-refractivity contribution is 0.0716. The molecule has 0 bridgehead atoms. The Morgan fingerprint density at radius 3 is 2.00 bits per heavy atom. The molecule has 1 aromatic carbocycles. The van der Waals surface area contributed by atoms with Crippen molar-refractivity contribution in [3.05, 3.63) is 29.8 Å². The minimum atomic E-state index is -3.24. The Balaban J connectivity index is 2.93. The van der Waals surface area contributed by atoms with E-state index in [0.717, 1.165) is 19.6 Å². The van der Waals surface area contributed by atoms with Gasteiger partial charge in [0.2, 0.25) is 0 Å². The number of sulfone groups is 1. The molecule has 142 valence electrons. The molecule has 5 nitrogen and oxygen atoms in total. The normalized spacial score (nSPS) is 12.0. The van der Waals surface area contributed by atoms with Gasteiger partial charge in [-0.05, 0) is 43.3 Å². The second kappa shape index (κ2) is 9.92. The maximum absolute atomic E-state index is 12.9. The molecule has 0 unspecified atom stereocenters. The topological polar surface area (TPSA) is 57.7 Å². The number of carbonyl (C=O) groups is 1. The number of hydrogen-bond acceptors (Lipinski definition) is 4. The summed E-state index contributed by atoms with van der Waals surface area (Å²) in [5.41, 5.74) is 0.537. The third-order valence-electron chi connectivity index (χ3n) is 4.29. The van der Waals surface area contributed by atoms with Crippen LogP contribution >= 0.6 is 0 Å². The first-order valence-electron chi connectivity index (χ1n) is 9.09. The van der Waals surface area contributed by atoms with Crippen LogP contribution in [0, 0.1) is 5.92 Å². The minimum absolute atomic E-state index is 0.0405. The zero-order valence-corrected chi connectivity index (χ0v) is 17.0. The van der Waals surface area contributed by atoms with E-state index in [0.29, 0.717) is 24.6 Å². The molecule has 0 saturated heterocycles. The van der Waals surface area contributed by atoms with Gasteiger partial charge >= 0.3 is 0 Å². The van der Waals surface area contributed by atoms with E-state index in [1.54, 1.807) is 19.1 Å². The van der Waals surface area contributed by atoms with Crippen LogP contribution in [-0.2, 0) is 9.84 Å². The van der Waals surface area contributed by atoms with Crippen molar-refractivity contribution in [2.75, 3.05) is 38.5 Å². The second-order valence-electron chi connectivity index (χ2n) is 6.60. The second-order valence-corrected chi connectivity index (χ2v) is 8.88. The van der Waals surface area contributed by atoms with Crippen molar-refractivity contribution < 1.29 is 13.2 Å². The summed E-state index contributed by atoms with van der Waals surface area (Å²) >= 11 is 0. The standard InChI is InChI=1S/C19H32N2O3S/c1-6-20(7-2)13-14-21(15-16(4)5)19(22)17-9-11-18(12-10-17)25(23,24)8-3/h9-12,16H,6-8,13-15H2,1-5H3. The van der Waals surface area contributed by atoms with Crippen LogP contribution in [0.1, 0.15) is 45.0 Å². The molecule has 0 aliphatic rings. The molecule has 0 radical (unpaired) electrons. The summed E-state index contributed by atoms with van der Waals surface area (Å²) in [6.45, 7) is 14.2. The molecule has 0 N–H and O–H groups in total. The van der Waals surface area contributed by atoms with Crippen LogP contribution in [0.15, 0.2) is 29.2 Å². The Labute approximate surface area is 152 Å². The fourth-order valence-electron chi connectivity index (χ4n) is 2.67. The van der Waals surface area contributed by atoms with Gasteiger partial charge in [-0.2, -0.15) is 0 Å². The number of rotatable bonds is 10. The van der Waals surface area contributed by atoms with E-state index in [1.807, 2.05) is 4.90 Å². The molecule has 6 heteroatoms. The lowest BCUT2D eigenvalue weighted by Crippen LogP contribution is -2.40. The highest BCUT2D eigenvalue weighted by atomic mass is 32.2. The van der Waals surface area contributed by atoms with Crippen molar-refractivity contribution in [3.63, 3.8) is 0 Å². The Morgan fingerprint density at radius 1 is 1.00 bits per heavy atom. The third kappa shape index (κ3) is 6.44. The first kappa shape index (κ1) is 21.6. The van der Waals surface area contributed by atoms with Gasteiger partial charge in [-0.3, -0.25) is 4.79 Å². The van der Waals surface area contributed by atoms with Gasteiger partial charge in [0, 0.05) is 25.2 Å². The average molecular weight is 369 g/mol. The van der Waals surface area contributed by atoms with Crippen LogP contribution in [0.3, 0.4) is 0 Å². The van der Waals surface area contributed by atoms with E-state index in [9.17, 15) is 13.2 Å². The van der Waals surface area contributed by atoms with Crippen LogP contribution in [0.2, 0.25) is 0 Å². The Hall–Kier alpha value is -1.40. The van der Waals surface area contributed by atoms with E-state index in [-0.39, 0.29) is 16.6 Å². The lowest BCUT2D eigenvalue weighted by atomic mass is 10.1. The Bertz CT molecular complexity index is 635. The van der Waals surface area contributed by atoms with Crippen molar-refractivity contribution in [2.45, 2.75) is 39.5 Å². The van der Waals surface area contributed by atoms with Gasteiger partial charge in [-0.15, -0.1) is 0 Å². The quantitative estimate of drug-likeness (QED) is 0.637. The smallest absolute Gasteiger partial charge is 0.253 e. The summed E-state index contributed by atoms with van der Waals surface area (Å²) in [5.74, 6) is 0.394. The number of amides is 1. The lowest BCUT2D eigenvalue weighted by Gasteiger charge is -2.28. The maximum atomic E-state index is 12.9. The van der Waals surface area contributed by atoms with Crippen molar-refractivity contribution >= 4 is 15.7 Å². The van der Waals surface area contributed by atoms with Gasteiger partial charge in [0.15, 0.2) is 9.84 Å². The minimum Gasteiger partial charge on any atom is -0.337 e. The highest BCUT2D eigenvalue weighted by Gasteiger charge is 2.19. The zero-order valence-electron chi connectivity index (χ0n) is 16.2. The third-order valence-corrected chi connectivity index (χ3v) is 6.04. The van der Waals surface area contributed by atoms with Crippen LogP contribution in [-0.4, -0.2) is 62.6 Å². The predicted octanol–water partition coefficient (Wildman–Crippen LogP) is 2.92. The van der Waals surface area contributed by atoms with Crippen molar-refractivity contribution in [1.82, 2.24) is 9.80 Å². The maximum Gasteiger partial charge on any atom is 0.253 e. The van der Waals surface area contributed by atoms with E-state index in [1.165, 1.54) is 12.1 Å². The van der Waals surface area contributed by atoms with E-state index in [4.69, 9.17) is 0 Å². The van der Waals surface area contributed by atoms with Crippen LogP contribution < -0.4 is 0 Å². The van der Waals surface area contributed by atoms with Crippen LogP contribution in [0.5, 0.6) is 0 Å². The van der Waals surface area contributed by atoms with Crippen molar-refractivity contribution in [1.29, 1.82) is 0 Å². The number of nitrogens with zero attached hydrogens (tertiary/aromatic N) is 2. The molecule has 0 aromatic heterocycles. The van der Waals surface area contributed by atoms with Gasteiger partial charge in [0.1, 0.15) is 0 Å². The molecule has 0 saturated carbocycles. The molecule has 0 aliphatic carbocycles. The van der Waals surface area contributed by atoms with Gasteiger partial charge in [-0.1, -0.05) is 34.6 Å². The van der Waals surface area contributed by atoms with Gasteiger partial charge in [0.05, 0.1) is 10.6 Å². The van der Waals surface area contributed by atoms with E-state index < -0.39 is 9.84 Å². The molecule has 0 heterocycles. The predicted molar refractivity (Wildman–Crippen MR) is 103 cm³/mol. The van der Waals surface area contributed by atoms with Crippen LogP contribution in [0.4, 0.5) is 0 Å². The Morgan fingerprint density at radius 2 is 1.56 bits per heavy atom. The summed E-state index contributed by atoms with van der Waals surface area (Å²) in [5, 5.41) is 0. The molecule has 0 spiro atoms. The van der Waals surface area contributed by atoms with Crippen molar-refractivity contribution in [2.24, 2.45) is 5.92 Å². The highest BCUT2D eigenvalue weighted by Crippen LogP contribution is 2.14. The number of hydrogen-bond donors (Lipinski definition) is 0. The molecule has 0 fully saturated rings. The average Bonchev–Trinajstić information content (AvgIpc) is 2.60. The largest absolute Gasteiger partial charge is 0.337 e. The fraction of sp³-hybridized carbons (Fsp3) is 0.632. The summed E-state index contributed by atoms with van der Waals surface area (Å²) in [4.78, 5) is 17.3. The molecule has 0 aliphatic heterocycles. The van der Waals surface area contributed by atoms with E-state index in [2.05, 4.69) is 32.6 Å². The number of carbonyl (C=O) groups excluding carboxylic acids is 1. The summed E-state index contributed by atoms with van der Waals surface area (Å²) < 4.78 is 23.8. The molecular formula is C19H32N2O3S. The van der Waals surface area contributed by atoms with E-state index >= 15 is 0 Å². The summed E-state index contributed by atoms with van der Waals surface area (Å²) in [6, 6.07) is 6.30. The fourth-order valence-corrected chi connectivity index (χ4v) is 3.56. The van der Waals surface area contributed by atoms with Crippen LogP contribution in [0.25, 0.3) is 0 Å². The number of benzene rings is 1. The molecule has 1 aromatic rings. The summed E-state index contributed by atoms with van der Waals surface area (Å²) in [7, 11) is -3.24. The molecule has 1 amide bonds. The zero-order chi connectivity index (χ0) is 19.0. The molecular weight excluding hydrogens is 336 g/mol. The number of likely N-dealkylation sites (N-methyl/N-ethyl adjacent to an activating group) is 1. The van der Waals surface area contributed by atoms with Gasteiger partial charge in [0.25, 0.3) is 5.91 Å². The SMILES string of the molecule is CCN(CC)CCN(CC(C)C)C(=O)c1ccc(S(=O)(=O)CC)cc1. The molecule has 0 atom stereocenters. The van der Waals surface area contributed by atoms with Gasteiger partial charge in [-0.25, -0.2) is 8.42 Å². The first-order valence-corrected chi connectivity index (χ1v) is 10.7. The molecule has 25 heavy (non-hydrogen) atoms. The molecule has 1 rings (SSSR count). The summed E-state index contributed by atoms with van der Waals surface area (Å²) in [6.07, 6.45) is 0. The van der Waals surface area contributed by atoms with Gasteiger partial charge < -0.3 is 9.80 Å². The highest BCUT2D eigenvalue weighted by molar-refractivity contribution is 7.91. The van der Waals surface area contributed by atoms with Crippen molar-refractivity contribution in [3.8, 4) is 0 Å². The Kier molecular flexibility index (Phi) is 8.59. The first-order chi connectivity index (χ1) is 11.7.